The van der Waals surface area contributed by atoms with E-state index in [9.17, 15) is 0 Å². The topological polar surface area (TPSA) is 25.8 Å². The molecule has 0 spiro atoms. The molecule has 0 bridgehead atoms. The third-order valence-corrected chi connectivity index (χ3v) is 4.14. The van der Waals surface area contributed by atoms with Crippen LogP contribution in [-0.4, -0.2) is 9.97 Å². The van der Waals surface area contributed by atoms with Crippen LogP contribution < -0.4 is 0 Å². The Labute approximate surface area is 115 Å². The molecule has 0 saturated carbocycles. The van der Waals surface area contributed by atoms with E-state index in [1.165, 1.54) is 5.56 Å². The lowest BCUT2D eigenvalue weighted by Gasteiger charge is -2.03. The van der Waals surface area contributed by atoms with E-state index in [1.807, 2.05) is 18.2 Å². The minimum atomic E-state index is 0.739. The van der Waals surface area contributed by atoms with Gasteiger partial charge < -0.3 is 0 Å². The highest BCUT2D eigenvalue weighted by atomic mass is 79.9. The number of halogens is 2. The van der Waals surface area contributed by atoms with E-state index in [0.29, 0.717) is 0 Å². The molecule has 0 N–H and O–H groups in total. The predicted octanol–water partition coefficient (Wildman–Crippen LogP) is 4.29. The van der Waals surface area contributed by atoms with Gasteiger partial charge in [0.2, 0.25) is 0 Å². The number of aromatic nitrogens is 2. The Balaban J connectivity index is 2.05. The second kappa shape index (κ2) is 5.80. The fraction of sp³-hybridized carbons (Fsp3) is 0.0909. The van der Waals surface area contributed by atoms with Gasteiger partial charge in [-0.15, -0.1) is 0 Å². The zero-order chi connectivity index (χ0) is 11.4. The first-order valence-electron chi connectivity index (χ1n) is 4.60. The van der Waals surface area contributed by atoms with Crippen molar-refractivity contribution in [3.63, 3.8) is 0 Å². The molecule has 1 heterocycles. The molecule has 5 heteroatoms. The Morgan fingerprint density at radius 2 is 1.88 bits per heavy atom. The summed E-state index contributed by atoms with van der Waals surface area (Å²) in [5.41, 5.74) is 1.28. The van der Waals surface area contributed by atoms with E-state index in [-0.39, 0.29) is 0 Å². The molecule has 2 nitrogen and oxygen atoms in total. The van der Waals surface area contributed by atoms with Crippen LogP contribution in [0.25, 0.3) is 0 Å². The van der Waals surface area contributed by atoms with Gasteiger partial charge >= 0.3 is 0 Å². The highest BCUT2D eigenvalue weighted by Gasteiger charge is 2.04. The van der Waals surface area contributed by atoms with E-state index in [2.05, 4.69) is 54.0 Å². The van der Waals surface area contributed by atoms with Crippen molar-refractivity contribution in [2.75, 3.05) is 0 Å². The quantitative estimate of drug-likeness (QED) is 0.764. The lowest BCUT2D eigenvalue weighted by atomic mass is 10.2. The predicted molar refractivity (Wildman–Crippen MR) is 73.4 cm³/mol. The van der Waals surface area contributed by atoms with Gasteiger partial charge in [-0.1, -0.05) is 42.1 Å². The maximum Gasteiger partial charge on any atom is 0.139 e. The van der Waals surface area contributed by atoms with Gasteiger partial charge in [0, 0.05) is 5.75 Å². The molecule has 0 fully saturated rings. The molecule has 0 aliphatic carbocycles. The number of nitrogens with zero attached hydrogens (tertiary/aromatic N) is 2. The molecular weight excluding hydrogens is 352 g/mol. The minimum Gasteiger partial charge on any atom is -0.244 e. The Morgan fingerprint density at radius 3 is 2.56 bits per heavy atom. The standard InChI is InChI=1S/C11H8Br2N2S/c12-9-6-14-11(10(13)15-9)16-7-8-4-2-1-3-5-8/h1-6H,7H2. The Bertz CT molecular complexity index is 477. The number of thioether (sulfide) groups is 1. The smallest absolute Gasteiger partial charge is 0.139 e. The summed E-state index contributed by atoms with van der Waals surface area (Å²) in [5, 5.41) is 0.909. The average Bonchev–Trinajstić information content (AvgIpc) is 2.29. The highest BCUT2D eigenvalue weighted by molar-refractivity contribution is 9.11. The van der Waals surface area contributed by atoms with Gasteiger partial charge in [-0.2, -0.15) is 0 Å². The molecule has 0 radical (unpaired) electrons. The summed E-state index contributed by atoms with van der Waals surface area (Å²) in [5.74, 6) is 0.899. The summed E-state index contributed by atoms with van der Waals surface area (Å²) in [4.78, 5) is 8.54. The third-order valence-electron chi connectivity index (χ3n) is 1.89. The highest BCUT2D eigenvalue weighted by Crippen LogP contribution is 2.27. The fourth-order valence-corrected chi connectivity index (χ4v) is 3.10. The van der Waals surface area contributed by atoms with Crippen molar-refractivity contribution in [3.05, 3.63) is 51.3 Å². The van der Waals surface area contributed by atoms with Crippen LogP contribution in [0.1, 0.15) is 5.56 Å². The average molecular weight is 360 g/mol. The molecule has 0 unspecified atom stereocenters. The first kappa shape index (κ1) is 12.1. The van der Waals surface area contributed by atoms with Crippen molar-refractivity contribution in [1.29, 1.82) is 0 Å². The first-order chi connectivity index (χ1) is 7.75. The fourth-order valence-electron chi connectivity index (χ4n) is 1.16. The molecule has 0 aliphatic rings. The molecule has 1 aromatic carbocycles. The van der Waals surface area contributed by atoms with Crippen LogP contribution in [0.4, 0.5) is 0 Å². The van der Waals surface area contributed by atoms with Crippen LogP contribution >= 0.6 is 43.6 Å². The number of benzene rings is 1. The first-order valence-corrected chi connectivity index (χ1v) is 7.17. The van der Waals surface area contributed by atoms with Gasteiger partial charge in [0.1, 0.15) is 14.2 Å². The summed E-state index contributed by atoms with van der Waals surface area (Å²) in [6.07, 6.45) is 1.71. The van der Waals surface area contributed by atoms with Gasteiger partial charge in [0.15, 0.2) is 0 Å². The van der Waals surface area contributed by atoms with Gasteiger partial charge in [-0.05, 0) is 37.4 Å². The maximum absolute atomic E-state index is 4.30. The zero-order valence-corrected chi connectivity index (χ0v) is 12.2. The largest absolute Gasteiger partial charge is 0.244 e. The van der Waals surface area contributed by atoms with E-state index in [0.717, 1.165) is 20.0 Å². The van der Waals surface area contributed by atoms with Crippen LogP contribution in [0, 0.1) is 0 Å². The normalized spacial score (nSPS) is 10.4. The van der Waals surface area contributed by atoms with Gasteiger partial charge in [-0.25, -0.2) is 9.97 Å². The molecule has 0 amide bonds. The van der Waals surface area contributed by atoms with Crippen LogP contribution in [0.15, 0.2) is 50.8 Å². The zero-order valence-electron chi connectivity index (χ0n) is 8.23. The molecule has 16 heavy (non-hydrogen) atoms. The molecule has 0 atom stereocenters. The summed E-state index contributed by atoms with van der Waals surface area (Å²) in [6.45, 7) is 0. The SMILES string of the molecule is Brc1cnc(SCc2ccccc2)c(Br)n1. The van der Waals surface area contributed by atoms with E-state index in [1.54, 1.807) is 18.0 Å². The van der Waals surface area contributed by atoms with E-state index in [4.69, 9.17) is 0 Å². The second-order valence-corrected chi connectivity index (χ2v) is 5.59. The lowest BCUT2D eigenvalue weighted by Crippen LogP contribution is -1.88. The van der Waals surface area contributed by atoms with Crippen molar-refractivity contribution in [2.45, 2.75) is 10.8 Å². The van der Waals surface area contributed by atoms with Crippen molar-refractivity contribution in [2.24, 2.45) is 0 Å². The number of hydrogen-bond donors (Lipinski definition) is 0. The third kappa shape index (κ3) is 3.30. The van der Waals surface area contributed by atoms with Crippen molar-refractivity contribution in [1.82, 2.24) is 9.97 Å². The van der Waals surface area contributed by atoms with Gasteiger partial charge in [0.05, 0.1) is 6.20 Å². The molecule has 1 aromatic heterocycles. The number of hydrogen-bond acceptors (Lipinski definition) is 3. The van der Waals surface area contributed by atoms with Crippen LogP contribution in [-0.2, 0) is 5.75 Å². The van der Waals surface area contributed by atoms with Crippen LogP contribution in [0.3, 0.4) is 0 Å². The summed E-state index contributed by atoms with van der Waals surface area (Å²) >= 11 is 8.34. The van der Waals surface area contributed by atoms with Crippen molar-refractivity contribution in [3.8, 4) is 0 Å². The Kier molecular flexibility index (Phi) is 4.37. The van der Waals surface area contributed by atoms with Crippen molar-refractivity contribution >= 4 is 43.6 Å². The summed E-state index contributed by atoms with van der Waals surface area (Å²) in [7, 11) is 0. The van der Waals surface area contributed by atoms with Crippen molar-refractivity contribution < 1.29 is 0 Å². The molecule has 2 aromatic rings. The lowest BCUT2D eigenvalue weighted by molar-refractivity contribution is 0.998. The maximum atomic E-state index is 4.30. The van der Waals surface area contributed by atoms with Crippen LogP contribution in [0.5, 0.6) is 0 Å². The summed E-state index contributed by atoms with van der Waals surface area (Å²) < 4.78 is 1.52. The van der Waals surface area contributed by atoms with E-state index >= 15 is 0 Å². The Hall–Kier alpha value is -0.390. The van der Waals surface area contributed by atoms with E-state index < -0.39 is 0 Å². The number of rotatable bonds is 3. The molecule has 82 valence electrons. The van der Waals surface area contributed by atoms with Gasteiger partial charge in [-0.3, -0.25) is 0 Å². The molecule has 0 saturated heterocycles. The van der Waals surface area contributed by atoms with Gasteiger partial charge in [0.25, 0.3) is 0 Å². The minimum absolute atomic E-state index is 0.739. The molecular formula is C11H8Br2N2S. The summed E-state index contributed by atoms with van der Waals surface area (Å²) in [6, 6.07) is 10.3. The monoisotopic (exact) mass is 358 g/mol. The second-order valence-electron chi connectivity index (χ2n) is 3.06. The molecule has 0 aliphatic heterocycles. The van der Waals surface area contributed by atoms with Crippen LogP contribution in [0.2, 0.25) is 0 Å². The Morgan fingerprint density at radius 1 is 1.12 bits per heavy atom. The molecule has 2 rings (SSSR count).